The first kappa shape index (κ1) is 44.7. The van der Waals surface area contributed by atoms with Crippen molar-refractivity contribution >= 4 is 24.0 Å². The summed E-state index contributed by atoms with van der Waals surface area (Å²) in [5.41, 5.74) is 0. The first-order valence-electron chi connectivity index (χ1n) is 9.79. The molecule has 7 nitrogen and oxygen atoms in total. The summed E-state index contributed by atoms with van der Waals surface area (Å²) in [7, 11) is 0. The molecule has 0 aromatic rings. The molecule has 0 bridgehead atoms. The van der Waals surface area contributed by atoms with Gasteiger partial charge >= 0.3 is 111 Å². The van der Waals surface area contributed by atoms with E-state index in [0.717, 1.165) is 0 Å². The molecule has 0 heterocycles. The number of carbonyl (C=O) groups is 2. The van der Waals surface area contributed by atoms with Gasteiger partial charge in [-0.1, -0.05) is 0 Å². The average Bonchev–Trinajstić information content (AvgIpc) is 2.79. The second-order valence-corrected chi connectivity index (χ2v) is 8.41. The molecule has 0 saturated carbocycles. The minimum atomic E-state index is -7.29. The third-order valence-corrected chi connectivity index (χ3v) is 5.28. The van der Waals surface area contributed by atoms with Crippen LogP contribution in [0.4, 0.5) is 79.0 Å². The van der Waals surface area contributed by atoms with Gasteiger partial charge in [0, 0.05) is 12.0 Å². The predicted molar refractivity (Wildman–Crippen MR) is 91.1 cm³/mol. The van der Waals surface area contributed by atoms with Crippen molar-refractivity contribution in [3.8, 4) is 0 Å². The molecule has 1 unspecified atom stereocenters. The Morgan fingerprint density at radius 1 is 0.605 bits per heavy atom. The molecule has 0 fully saturated rings. The van der Waals surface area contributed by atoms with Crippen molar-refractivity contribution in [2.24, 2.45) is 0 Å². The van der Waals surface area contributed by atoms with E-state index in [1.807, 2.05) is 0 Å². The quantitative estimate of drug-likeness (QED) is 0.0599. The first-order valence-corrected chi connectivity index (χ1v) is 10.6. The normalized spacial score (nSPS) is 15.0. The summed E-state index contributed by atoms with van der Waals surface area (Å²) in [5.74, 6) is -45.4. The van der Waals surface area contributed by atoms with E-state index in [0.29, 0.717) is 0 Å². The molecule has 0 aliphatic heterocycles. The number of ether oxygens (including phenoxy) is 2. The Morgan fingerprint density at radius 2 is 0.953 bits per heavy atom. The maximum atomic E-state index is 13.4. The summed E-state index contributed by atoms with van der Waals surface area (Å²) in [4.78, 5) is 23.4. The van der Waals surface area contributed by atoms with Crippen LogP contribution in [-0.4, -0.2) is 78.3 Å². The second kappa shape index (κ2) is 15.4. The van der Waals surface area contributed by atoms with Crippen molar-refractivity contribution in [3.63, 3.8) is 0 Å². The van der Waals surface area contributed by atoms with Gasteiger partial charge in [0.1, 0.15) is 5.25 Å². The summed E-state index contributed by atoms with van der Waals surface area (Å²) >= 11 is -0.628. The van der Waals surface area contributed by atoms with Crippen LogP contribution in [0.3, 0.4) is 0 Å². The molecule has 27 heteroatoms. The topological polar surface area (TPSA) is 94.1 Å². The smallest absolute Gasteiger partial charge is 0.691 e. The van der Waals surface area contributed by atoms with Crippen molar-refractivity contribution < 1.29 is 164 Å². The monoisotopic (exact) mass is 728 g/mol. The van der Waals surface area contributed by atoms with Gasteiger partial charge in [-0.15, -0.1) is 0 Å². The molecule has 0 saturated heterocycles. The third kappa shape index (κ3) is 10.3. The minimum absolute atomic E-state index is 0. The number of halogens is 18. The van der Waals surface area contributed by atoms with Crippen LogP contribution in [0.15, 0.2) is 0 Å². The van der Waals surface area contributed by atoms with Gasteiger partial charge in [-0.25, -0.2) is 0 Å². The van der Waals surface area contributed by atoms with Crippen molar-refractivity contribution in [2.75, 3.05) is 13.2 Å². The summed E-state index contributed by atoms with van der Waals surface area (Å²) < 4.78 is 241. The van der Waals surface area contributed by atoms with E-state index in [4.69, 9.17) is 0 Å². The van der Waals surface area contributed by atoms with Gasteiger partial charge in [0.05, 0.1) is 32.5 Å². The number of carbonyl (C=O) groups excluding carboxylic acids is 2. The molecule has 0 rings (SSSR count). The van der Waals surface area contributed by atoms with Crippen molar-refractivity contribution in [3.05, 3.63) is 0 Å². The minimum Gasteiger partial charge on any atom is -0.691 e. The van der Waals surface area contributed by atoms with E-state index in [-0.39, 0.29) is 51.4 Å². The van der Waals surface area contributed by atoms with E-state index >= 15 is 0 Å². The first-order chi connectivity index (χ1) is 18.4. The molecule has 0 aromatic carbocycles. The molecule has 0 aromatic heterocycles. The Balaban J connectivity index is 0. The summed E-state index contributed by atoms with van der Waals surface area (Å²) in [5, 5.41) is 10.1. The average molecular weight is 728 g/mol. The molecule has 0 aliphatic carbocycles. The Kier molecular flexibility index (Phi) is 16.0. The molecule has 43 heavy (non-hydrogen) atoms. The van der Waals surface area contributed by atoms with Crippen LogP contribution >= 0.6 is 12.0 Å². The molecule has 250 valence electrons. The van der Waals surface area contributed by atoms with Crippen molar-refractivity contribution in [1.29, 1.82) is 0 Å². The van der Waals surface area contributed by atoms with Crippen LogP contribution in [0.5, 0.6) is 0 Å². The Hall–Kier alpha value is -0.454. The number of esters is 2. The Labute approximate surface area is 272 Å². The number of alkyl halides is 18. The predicted octanol–water partition coefficient (Wildman–Crippen LogP) is 2.42. The number of hydrogen-bond donors (Lipinski definition) is 0. The fourth-order valence-electron chi connectivity index (χ4n) is 2.23. The SMILES string of the molecule is O=C(CC(SOO[O-])C(=O)OCCC(F)(F)C(F)(F)C(F)(F)C(F)(F)F)OCCC(F)(F)C(F)(F)C(F)(F)C(F)(F)F.[K+]. The van der Waals surface area contributed by atoms with Crippen LogP contribution in [0.1, 0.15) is 19.3 Å². The van der Waals surface area contributed by atoms with Gasteiger partial charge in [0.25, 0.3) is 0 Å². The van der Waals surface area contributed by atoms with Crippen LogP contribution in [0, 0.1) is 0 Å². The van der Waals surface area contributed by atoms with E-state index < -0.39 is 110 Å². The molecule has 0 aliphatic rings. The summed E-state index contributed by atoms with van der Waals surface area (Å²) in [6, 6.07) is 0. The third-order valence-electron chi connectivity index (χ3n) is 4.56. The zero-order valence-electron chi connectivity index (χ0n) is 20.2. The largest absolute Gasteiger partial charge is 1.00 e. The van der Waals surface area contributed by atoms with Gasteiger partial charge in [0.2, 0.25) is 0 Å². The molecule has 0 amide bonds. The summed E-state index contributed by atoms with van der Waals surface area (Å²) in [6.45, 7) is -4.16. The van der Waals surface area contributed by atoms with E-state index in [2.05, 4.69) is 18.8 Å². The molecule has 0 spiro atoms. The van der Waals surface area contributed by atoms with Crippen LogP contribution in [0.2, 0.25) is 0 Å². The fourth-order valence-corrected chi connectivity index (χ4v) is 2.70. The second-order valence-electron chi connectivity index (χ2n) is 7.52. The van der Waals surface area contributed by atoms with Crippen molar-refractivity contribution in [2.45, 2.75) is 72.4 Å². The summed E-state index contributed by atoms with van der Waals surface area (Å²) in [6.07, 6.45) is -21.4. The molecule has 0 N–H and O–H groups in total. The van der Waals surface area contributed by atoms with Gasteiger partial charge < -0.3 is 14.7 Å². The van der Waals surface area contributed by atoms with Gasteiger partial charge in [-0.05, 0) is 0 Å². The molecule has 0 radical (unpaired) electrons. The van der Waals surface area contributed by atoms with Crippen LogP contribution < -0.4 is 56.6 Å². The van der Waals surface area contributed by atoms with E-state index in [9.17, 15) is 93.9 Å². The fraction of sp³-hybridized carbons (Fsp3) is 0.875. The van der Waals surface area contributed by atoms with Crippen molar-refractivity contribution in [1.82, 2.24) is 0 Å². The number of rotatable bonds is 16. The van der Waals surface area contributed by atoms with Gasteiger partial charge in [-0.3, -0.25) is 14.6 Å². The molecular formula is C16H11F18KO7S. The number of hydrogen-bond acceptors (Lipinski definition) is 8. The maximum Gasteiger partial charge on any atom is 1.00 e. The Bertz CT molecular complexity index is 927. The van der Waals surface area contributed by atoms with Gasteiger partial charge in [-0.2, -0.15) is 83.4 Å². The standard InChI is InChI=1S/C16H12F18O7S.K/c17-9(18,11(21,22)13(25,26)15(29,30)31)1-3-38-7(35)5-6(42-41-40-37)8(36)39-4-2-10(19,20)12(23,24)14(27,28)16(32,33)34;/h6,37H,1-5H2;/q;+1/p-1. The van der Waals surface area contributed by atoms with E-state index in [1.165, 1.54) is 0 Å². The molecular weight excluding hydrogens is 717 g/mol. The van der Waals surface area contributed by atoms with Crippen LogP contribution in [0.25, 0.3) is 0 Å². The zero-order valence-corrected chi connectivity index (χ0v) is 24.1. The maximum absolute atomic E-state index is 13.4. The Morgan fingerprint density at radius 3 is 1.28 bits per heavy atom. The van der Waals surface area contributed by atoms with E-state index in [1.54, 1.807) is 0 Å². The van der Waals surface area contributed by atoms with Gasteiger partial charge in [0.15, 0.2) is 0 Å². The molecule has 1 atom stereocenters. The zero-order chi connectivity index (χ0) is 33.8. The van der Waals surface area contributed by atoms with Crippen LogP contribution in [-0.2, 0) is 28.4 Å².